The van der Waals surface area contributed by atoms with Gasteiger partial charge in [0.15, 0.2) is 23.0 Å². The SMILES string of the molecule is CC(=O)Oc1cccc(C(=O)NCCCCN(CC(=O)ON2C(=O)CCC2=O)C(=O)c2cccc(OC(C)=O)c2OC(C)=O)c1OC(C)=O. The number of hydrogen-bond donors (Lipinski definition) is 1. The van der Waals surface area contributed by atoms with E-state index in [1.54, 1.807) is 0 Å². The van der Waals surface area contributed by atoms with E-state index in [0.717, 1.165) is 32.6 Å². The molecular weight excluding hydrogens is 650 g/mol. The van der Waals surface area contributed by atoms with E-state index in [1.165, 1.54) is 36.4 Å². The number of esters is 4. The first kappa shape index (κ1) is 37.3. The maximum atomic E-state index is 13.8. The molecule has 0 spiro atoms. The number of ether oxygens (including phenoxy) is 4. The number of carbonyl (C=O) groups is 9. The van der Waals surface area contributed by atoms with Gasteiger partial charge in [0.05, 0.1) is 11.1 Å². The molecule has 0 atom stereocenters. The summed E-state index contributed by atoms with van der Waals surface area (Å²) in [6.45, 7) is 3.53. The number of hydroxylamine groups is 2. The molecule has 0 saturated carbocycles. The Morgan fingerprint density at radius 2 is 1.18 bits per heavy atom. The van der Waals surface area contributed by atoms with Gasteiger partial charge in [0.25, 0.3) is 23.6 Å². The standard InChI is InChI=1S/C32H33N3O14/c1-18(36)45-24-11-7-9-22(29(24)47-20(3)38)31(43)33-15-5-6-16-34(17-28(42)49-35-26(40)13-14-27(35)41)32(44)23-10-8-12-25(46-19(2)37)30(23)48-21(4)39/h7-12H,5-6,13-17H2,1-4H3,(H,33,43). The van der Waals surface area contributed by atoms with Crippen LogP contribution in [0, 0.1) is 0 Å². The highest BCUT2D eigenvalue weighted by molar-refractivity contribution is 6.03. The number of amides is 4. The van der Waals surface area contributed by atoms with E-state index < -0.39 is 60.0 Å². The van der Waals surface area contributed by atoms with Gasteiger partial charge in [-0.2, -0.15) is 0 Å². The molecule has 0 aromatic heterocycles. The molecule has 1 saturated heterocycles. The van der Waals surface area contributed by atoms with Gasteiger partial charge < -0.3 is 34.0 Å². The Hall–Kier alpha value is -6.13. The van der Waals surface area contributed by atoms with Gasteiger partial charge >= 0.3 is 29.8 Å². The summed E-state index contributed by atoms with van der Waals surface area (Å²) in [7, 11) is 0. The highest BCUT2D eigenvalue weighted by Crippen LogP contribution is 2.33. The van der Waals surface area contributed by atoms with Gasteiger partial charge in [-0.25, -0.2) is 4.79 Å². The number of nitrogens with one attached hydrogen (secondary N) is 1. The fourth-order valence-electron chi connectivity index (χ4n) is 4.44. The minimum absolute atomic E-state index is 0.0278. The number of benzene rings is 2. The van der Waals surface area contributed by atoms with Crippen molar-refractivity contribution >= 4 is 53.5 Å². The summed E-state index contributed by atoms with van der Waals surface area (Å²) < 4.78 is 20.4. The number of carbonyl (C=O) groups excluding carboxylic acids is 9. The smallest absolute Gasteiger partial charge is 0.352 e. The van der Waals surface area contributed by atoms with Crippen molar-refractivity contribution in [3.05, 3.63) is 47.5 Å². The Balaban J connectivity index is 1.78. The highest BCUT2D eigenvalue weighted by Gasteiger charge is 2.34. The van der Waals surface area contributed by atoms with Crippen molar-refractivity contribution in [1.29, 1.82) is 0 Å². The molecule has 1 N–H and O–H groups in total. The van der Waals surface area contributed by atoms with Crippen LogP contribution in [0.1, 0.15) is 74.1 Å². The molecule has 260 valence electrons. The maximum Gasteiger partial charge on any atom is 0.352 e. The molecule has 1 aliphatic heterocycles. The number of rotatable bonds is 14. The quantitative estimate of drug-likeness (QED) is 0.130. The van der Waals surface area contributed by atoms with E-state index in [0.29, 0.717) is 5.06 Å². The van der Waals surface area contributed by atoms with Crippen molar-refractivity contribution in [3.63, 3.8) is 0 Å². The highest BCUT2D eigenvalue weighted by atomic mass is 16.7. The molecule has 2 aromatic rings. The van der Waals surface area contributed by atoms with E-state index in [4.69, 9.17) is 23.8 Å². The summed E-state index contributed by atoms with van der Waals surface area (Å²) in [6, 6.07) is 8.03. The van der Waals surface area contributed by atoms with Crippen LogP contribution in [0.15, 0.2) is 36.4 Å². The molecule has 3 rings (SSSR count). The third kappa shape index (κ3) is 10.7. The van der Waals surface area contributed by atoms with Gasteiger partial charge in [0, 0.05) is 53.6 Å². The maximum absolute atomic E-state index is 13.8. The van der Waals surface area contributed by atoms with Crippen LogP contribution in [0.4, 0.5) is 0 Å². The second-order valence-corrected chi connectivity index (χ2v) is 10.4. The third-order valence-corrected chi connectivity index (χ3v) is 6.38. The van der Waals surface area contributed by atoms with E-state index in [-0.39, 0.29) is 72.9 Å². The van der Waals surface area contributed by atoms with Crippen LogP contribution in [0.5, 0.6) is 23.0 Å². The average Bonchev–Trinajstić information content (AvgIpc) is 3.32. The molecule has 0 unspecified atom stereocenters. The lowest BCUT2D eigenvalue weighted by Crippen LogP contribution is -2.41. The lowest BCUT2D eigenvalue weighted by atomic mass is 10.1. The molecule has 17 nitrogen and oxygen atoms in total. The minimum atomic E-state index is -1.12. The second kappa shape index (κ2) is 17.1. The lowest BCUT2D eigenvalue weighted by molar-refractivity contribution is -0.197. The average molecular weight is 684 g/mol. The third-order valence-electron chi connectivity index (χ3n) is 6.38. The number of nitrogens with zero attached hydrogens (tertiary/aromatic N) is 2. The Bertz CT molecular complexity index is 1670. The monoisotopic (exact) mass is 683 g/mol. The molecule has 1 heterocycles. The molecule has 1 aliphatic rings. The van der Waals surface area contributed by atoms with Crippen LogP contribution < -0.4 is 24.3 Å². The van der Waals surface area contributed by atoms with Crippen molar-refractivity contribution in [2.45, 2.75) is 53.4 Å². The van der Waals surface area contributed by atoms with Crippen molar-refractivity contribution in [2.75, 3.05) is 19.6 Å². The zero-order valence-electron chi connectivity index (χ0n) is 27.0. The molecule has 2 aromatic carbocycles. The van der Waals surface area contributed by atoms with Crippen molar-refractivity contribution in [2.24, 2.45) is 0 Å². The van der Waals surface area contributed by atoms with Crippen molar-refractivity contribution < 1.29 is 66.9 Å². The van der Waals surface area contributed by atoms with Crippen LogP contribution in [0.2, 0.25) is 0 Å². The van der Waals surface area contributed by atoms with Crippen LogP contribution in [-0.4, -0.2) is 83.1 Å². The first-order valence-corrected chi connectivity index (χ1v) is 14.8. The van der Waals surface area contributed by atoms with Crippen molar-refractivity contribution in [1.82, 2.24) is 15.3 Å². The van der Waals surface area contributed by atoms with Gasteiger partial charge in [-0.3, -0.25) is 38.4 Å². The van der Waals surface area contributed by atoms with Crippen LogP contribution in [0.3, 0.4) is 0 Å². The molecule has 0 bridgehead atoms. The molecule has 4 amide bonds. The molecule has 17 heteroatoms. The summed E-state index contributed by atoms with van der Waals surface area (Å²) in [5, 5.41) is 2.96. The predicted molar refractivity (Wildman–Crippen MR) is 163 cm³/mol. The summed E-state index contributed by atoms with van der Waals surface area (Å²) in [6.07, 6.45) is 0.0966. The summed E-state index contributed by atoms with van der Waals surface area (Å²) >= 11 is 0. The predicted octanol–water partition coefficient (Wildman–Crippen LogP) is 1.65. The summed E-state index contributed by atoms with van der Waals surface area (Å²) in [4.78, 5) is 116. The minimum Gasteiger partial charge on any atom is -0.423 e. The Kier molecular flexibility index (Phi) is 13.1. The summed E-state index contributed by atoms with van der Waals surface area (Å²) in [5.41, 5.74) is -0.348. The first-order chi connectivity index (χ1) is 23.2. The first-order valence-electron chi connectivity index (χ1n) is 14.8. The fourth-order valence-corrected chi connectivity index (χ4v) is 4.44. The Labute approximate surface area is 279 Å². The second-order valence-electron chi connectivity index (χ2n) is 10.4. The zero-order chi connectivity index (χ0) is 36.2. The van der Waals surface area contributed by atoms with E-state index >= 15 is 0 Å². The van der Waals surface area contributed by atoms with Gasteiger partial charge in [-0.15, -0.1) is 5.06 Å². The number of para-hydroxylation sites is 2. The molecule has 0 radical (unpaired) electrons. The Morgan fingerprint density at radius 3 is 1.69 bits per heavy atom. The van der Waals surface area contributed by atoms with Crippen LogP contribution in [0.25, 0.3) is 0 Å². The normalized spacial score (nSPS) is 12.1. The molecular formula is C32H33N3O14. The number of imide groups is 1. The largest absolute Gasteiger partial charge is 0.423 e. The van der Waals surface area contributed by atoms with E-state index in [1.807, 2.05) is 0 Å². The van der Waals surface area contributed by atoms with Gasteiger partial charge in [0.2, 0.25) is 0 Å². The Morgan fingerprint density at radius 1 is 0.694 bits per heavy atom. The zero-order valence-corrected chi connectivity index (χ0v) is 27.0. The van der Waals surface area contributed by atoms with E-state index in [9.17, 15) is 43.2 Å². The number of unbranched alkanes of at least 4 members (excludes halogenated alkanes) is 1. The topological polar surface area (TPSA) is 218 Å². The lowest BCUT2D eigenvalue weighted by Gasteiger charge is -2.24. The van der Waals surface area contributed by atoms with Gasteiger partial charge in [-0.05, 0) is 37.1 Å². The van der Waals surface area contributed by atoms with Crippen LogP contribution in [-0.2, 0) is 38.4 Å². The van der Waals surface area contributed by atoms with Crippen LogP contribution >= 0.6 is 0 Å². The molecule has 1 fully saturated rings. The van der Waals surface area contributed by atoms with E-state index in [2.05, 4.69) is 5.32 Å². The summed E-state index contributed by atoms with van der Waals surface area (Å²) in [5.74, 6) is -8.20. The van der Waals surface area contributed by atoms with Crippen molar-refractivity contribution in [3.8, 4) is 23.0 Å². The number of hydrogen-bond acceptors (Lipinski definition) is 14. The van der Waals surface area contributed by atoms with Gasteiger partial charge in [0.1, 0.15) is 6.54 Å². The molecule has 0 aliphatic carbocycles. The fraction of sp³-hybridized carbons (Fsp3) is 0.344. The molecule has 49 heavy (non-hydrogen) atoms. The van der Waals surface area contributed by atoms with Gasteiger partial charge in [-0.1, -0.05) is 12.1 Å².